The van der Waals surface area contributed by atoms with Crippen LogP contribution in [-0.4, -0.2) is 23.0 Å². The lowest BCUT2D eigenvalue weighted by Crippen LogP contribution is -2.14. The van der Waals surface area contributed by atoms with Gasteiger partial charge in [-0.1, -0.05) is 6.07 Å². The number of nitriles is 1. The van der Waals surface area contributed by atoms with Gasteiger partial charge in [0.05, 0.1) is 0 Å². The Morgan fingerprint density at radius 3 is 3.27 bits per heavy atom. The Morgan fingerprint density at radius 1 is 1.60 bits per heavy atom. The molecule has 1 N–H and O–H groups in total. The first-order valence-corrected chi connectivity index (χ1v) is 6.23. The molecule has 15 heavy (non-hydrogen) atoms. The summed E-state index contributed by atoms with van der Waals surface area (Å²) in [5.74, 6) is 4.08. The van der Waals surface area contributed by atoms with Crippen molar-refractivity contribution in [3.8, 4) is 6.07 Å². The summed E-state index contributed by atoms with van der Waals surface area (Å²) in [6.07, 6.45) is 1.29. The van der Waals surface area contributed by atoms with Gasteiger partial charge in [-0.05, 0) is 36.0 Å². The van der Waals surface area contributed by atoms with Crippen LogP contribution >= 0.6 is 11.8 Å². The van der Waals surface area contributed by atoms with Crippen LogP contribution in [0.2, 0.25) is 0 Å². The molecule has 3 nitrogen and oxygen atoms in total. The maximum Gasteiger partial charge on any atom is 0.142 e. The average Bonchev–Trinajstić information content (AvgIpc) is 2.79. The monoisotopic (exact) mass is 219 g/mol. The highest BCUT2D eigenvalue weighted by Crippen LogP contribution is 2.23. The molecule has 1 aliphatic rings. The molecular weight excluding hydrogens is 206 g/mol. The molecule has 0 radical (unpaired) electrons. The van der Waals surface area contributed by atoms with Crippen LogP contribution in [0, 0.1) is 17.2 Å². The summed E-state index contributed by atoms with van der Waals surface area (Å²) < 4.78 is 0. The standard InChI is InChI=1S/C11H13N3S/c12-6-10-2-1-3-11(14-10)13-7-9-4-5-15-8-9/h1-3,9H,4-5,7-8H2,(H,13,14). The molecule has 2 rings (SSSR count). The molecule has 4 heteroatoms. The Labute approximate surface area is 93.9 Å². The van der Waals surface area contributed by atoms with E-state index in [-0.39, 0.29) is 0 Å². The van der Waals surface area contributed by atoms with E-state index in [0.29, 0.717) is 5.69 Å². The molecule has 2 heterocycles. The minimum atomic E-state index is 0.473. The Bertz CT molecular complexity index is 366. The number of aromatic nitrogens is 1. The third-order valence-corrected chi connectivity index (χ3v) is 3.69. The van der Waals surface area contributed by atoms with Crippen molar-refractivity contribution in [3.63, 3.8) is 0 Å². The highest BCUT2D eigenvalue weighted by Gasteiger charge is 2.14. The maximum absolute atomic E-state index is 8.70. The summed E-state index contributed by atoms with van der Waals surface area (Å²) in [5.41, 5.74) is 0.473. The average molecular weight is 219 g/mol. The lowest BCUT2D eigenvalue weighted by Gasteiger charge is -2.10. The summed E-state index contributed by atoms with van der Waals surface area (Å²) in [7, 11) is 0. The van der Waals surface area contributed by atoms with Crippen LogP contribution in [0.1, 0.15) is 12.1 Å². The van der Waals surface area contributed by atoms with Gasteiger partial charge in [0.25, 0.3) is 0 Å². The molecule has 0 bridgehead atoms. The maximum atomic E-state index is 8.70. The van der Waals surface area contributed by atoms with E-state index in [2.05, 4.69) is 10.3 Å². The van der Waals surface area contributed by atoms with Crippen molar-refractivity contribution in [1.82, 2.24) is 4.98 Å². The zero-order valence-electron chi connectivity index (χ0n) is 8.44. The van der Waals surface area contributed by atoms with E-state index >= 15 is 0 Å². The SMILES string of the molecule is N#Cc1cccc(NCC2CCSC2)n1. The van der Waals surface area contributed by atoms with E-state index in [4.69, 9.17) is 5.26 Å². The fourth-order valence-electron chi connectivity index (χ4n) is 1.59. The Kier molecular flexibility index (Phi) is 3.46. The van der Waals surface area contributed by atoms with Gasteiger partial charge in [0.1, 0.15) is 17.6 Å². The molecule has 0 amide bonds. The molecule has 0 spiro atoms. The van der Waals surface area contributed by atoms with E-state index in [1.807, 2.05) is 30.0 Å². The first kappa shape index (κ1) is 10.3. The highest BCUT2D eigenvalue weighted by atomic mass is 32.2. The molecule has 0 saturated carbocycles. The van der Waals surface area contributed by atoms with E-state index < -0.39 is 0 Å². The zero-order chi connectivity index (χ0) is 10.5. The van der Waals surface area contributed by atoms with Crippen LogP contribution in [0.25, 0.3) is 0 Å². The molecule has 1 saturated heterocycles. The Morgan fingerprint density at radius 2 is 2.53 bits per heavy atom. The number of nitrogens with one attached hydrogen (secondary N) is 1. The van der Waals surface area contributed by atoms with Gasteiger partial charge in [0.15, 0.2) is 0 Å². The molecule has 1 aromatic heterocycles. The third kappa shape index (κ3) is 2.87. The normalized spacial score (nSPS) is 19.8. The minimum absolute atomic E-state index is 0.473. The highest BCUT2D eigenvalue weighted by molar-refractivity contribution is 7.99. The van der Waals surface area contributed by atoms with Gasteiger partial charge in [0, 0.05) is 6.54 Å². The van der Waals surface area contributed by atoms with Gasteiger partial charge in [-0.2, -0.15) is 17.0 Å². The molecule has 1 fully saturated rings. The number of pyridine rings is 1. The van der Waals surface area contributed by atoms with Gasteiger partial charge >= 0.3 is 0 Å². The van der Waals surface area contributed by atoms with Crippen molar-refractivity contribution in [2.24, 2.45) is 5.92 Å². The summed E-state index contributed by atoms with van der Waals surface area (Å²) in [6, 6.07) is 7.52. The number of hydrogen-bond donors (Lipinski definition) is 1. The second kappa shape index (κ2) is 5.04. The first-order chi connectivity index (χ1) is 7.38. The van der Waals surface area contributed by atoms with Crippen molar-refractivity contribution < 1.29 is 0 Å². The van der Waals surface area contributed by atoms with Crippen molar-refractivity contribution in [1.29, 1.82) is 5.26 Å². The minimum Gasteiger partial charge on any atom is -0.370 e. The number of anilines is 1. The molecule has 1 aliphatic heterocycles. The summed E-state index contributed by atoms with van der Waals surface area (Å²) >= 11 is 2.01. The smallest absolute Gasteiger partial charge is 0.142 e. The van der Waals surface area contributed by atoms with E-state index in [1.54, 1.807) is 6.07 Å². The Balaban J connectivity index is 1.90. The Hall–Kier alpha value is -1.21. The molecule has 1 atom stereocenters. The quantitative estimate of drug-likeness (QED) is 0.846. The van der Waals surface area contributed by atoms with Crippen LogP contribution < -0.4 is 5.32 Å². The fourth-order valence-corrected chi connectivity index (χ4v) is 2.87. The van der Waals surface area contributed by atoms with Crippen LogP contribution in [-0.2, 0) is 0 Å². The van der Waals surface area contributed by atoms with E-state index in [1.165, 1.54) is 17.9 Å². The summed E-state index contributed by atoms with van der Waals surface area (Å²) in [5, 5.41) is 12.0. The first-order valence-electron chi connectivity index (χ1n) is 5.07. The van der Waals surface area contributed by atoms with E-state index in [0.717, 1.165) is 18.3 Å². The van der Waals surface area contributed by atoms with Crippen LogP contribution in [0.3, 0.4) is 0 Å². The topological polar surface area (TPSA) is 48.7 Å². The van der Waals surface area contributed by atoms with Crippen molar-refractivity contribution in [2.45, 2.75) is 6.42 Å². The van der Waals surface area contributed by atoms with E-state index in [9.17, 15) is 0 Å². The number of rotatable bonds is 3. The molecule has 1 unspecified atom stereocenters. The fraction of sp³-hybridized carbons (Fsp3) is 0.455. The second-order valence-corrected chi connectivity index (χ2v) is 4.78. The molecular formula is C11H13N3S. The lowest BCUT2D eigenvalue weighted by molar-refractivity contribution is 0.630. The third-order valence-electron chi connectivity index (χ3n) is 2.46. The molecule has 0 aliphatic carbocycles. The number of thioether (sulfide) groups is 1. The van der Waals surface area contributed by atoms with Gasteiger partial charge in [-0.3, -0.25) is 0 Å². The number of hydrogen-bond acceptors (Lipinski definition) is 4. The van der Waals surface area contributed by atoms with Crippen LogP contribution in [0.5, 0.6) is 0 Å². The van der Waals surface area contributed by atoms with Crippen LogP contribution in [0.15, 0.2) is 18.2 Å². The molecule has 1 aromatic rings. The van der Waals surface area contributed by atoms with Gasteiger partial charge in [-0.25, -0.2) is 4.98 Å². The van der Waals surface area contributed by atoms with Crippen molar-refractivity contribution in [3.05, 3.63) is 23.9 Å². The van der Waals surface area contributed by atoms with Gasteiger partial charge in [0.2, 0.25) is 0 Å². The summed E-state index contributed by atoms with van der Waals surface area (Å²) in [6.45, 7) is 0.967. The molecule has 78 valence electrons. The van der Waals surface area contributed by atoms with Gasteiger partial charge < -0.3 is 5.32 Å². The zero-order valence-corrected chi connectivity index (χ0v) is 9.26. The van der Waals surface area contributed by atoms with Gasteiger partial charge in [-0.15, -0.1) is 0 Å². The van der Waals surface area contributed by atoms with Crippen molar-refractivity contribution >= 4 is 17.6 Å². The predicted molar refractivity (Wildman–Crippen MR) is 62.9 cm³/mol. The number of nitrogens with zero attached hydrogens (tertiary/aromatic N) is 2. The van der Waals surface area contributed by atoms with Crippen molar-refractivity contribution in [2.75, 3.05) is 23.4 Å². The largest absolute Gasteiger partial charge is 0.370 e. The summed E-state index contributed by atoms with van der Waals surface area (Å²) in [4.78, 5) is 4.17. The predicted octanol–water partition coefficient (Wildman–Crippen LogP) is 2.12. The van der Waals surface area contributed by atoms with Crippen LogP contribution in [0.4, 0.5) is 5.82 Å². The molecule has 0 aromatic carbocycles. The second-order valence-electron chi connectivity index (χ2n) is 3.63. The lowest BCUT2D eigenvalue weighted by atomic mass is 10.1.